The minimum atomic E-state index is -3.68. The predicted octanol–water partition coefficient (Wildman–Crippen LogP) is 1.30. The van der Waals surface area contributed by atoms with Gasteiger partial charge in [-0.05, 0) is 68.6 Å². The van der Waals surface area contributed by atoms with E-state index in [0.29, 0.717) is 35.2 Å². The molecule has 5 rings (SSSR count). The van der Waals surface area contributed by atoms with Crippen LogP contribution in [0.5, 0.6) is 0 Å². The summed E-state index contributed by atoms with van der Waals surface area (Å²) in [5, 5.41) is 17.1. The van der Waals surface area contributed by atoms with E-state index in [0.717, 1.165) is 55.9 Å². The van der Waals surface area contributed by atoms with Gasteiger partial charge < -0.3 is 15.2 Å². The number of benzene rings is 1. The summed E-state index contributed by atoms with van der Waals surface area (Å²) < 4.78 is 26.5. The lowest BCUT2D eigenvalue weighted by Crippen LogP contribution is -2.33. The molecule has 0 saturated heterocycles. The summed E-state index contributed by atoms with van der Waals surface area (Å²) in [6.45, 7) is 2.55. The Kier molecular flexibility index (Phi) is 6.50. The van der Waals surface area contributed by atoms with Crippen molar-refractivity contribution in [1.82, 2.24) is 24.9 Å². The Bertz CT molecular complexity index is 1410. The van der Waals surface area contributed by atoms with Crippen LogP contribution in [-0.2, 0) is 9.84 Å². The summed E-state index contributed by atoms with van der Waals surface area (Å²) in [5.41, 5.74) is 3.28. The second-order valence-corrected chi connectivity index (χ2v) is 12.1. The van der Waals surface area contributed by atoms with Crippen molar-refractivity contribution in [3.8, 4) is 11.1 Å². The zero-order chi connectivity index (χ0) is 25.6. The number of nitrogens with zero attached hydrogens (tertiary/aromatic N) is 5. The molecule has 1 amide bonds. The third kappa shape index (κ3) is 5.10. The second-order valence-electron chi connectivity index (χ2n) is 10.2. The molecule has 0 aliphatic heterocycles. The van der Waals surface area contributed by atoms with Crippen LogP contribution in [0.25, 0.3) is 16.8 Å². The summed E-state index contributed by atoms with van der Waals surface area (Å²) in [5.74, 6) is 0.689. The highest BCUT2D eigenvalue weighted by atomic mass is 32.2. The molecule has 2 aromatic heterocycles. The molecule has 36 heavy (non-hydrogen) atoms. The van der Waals surface area contributed by atoms with E-state index in [9.17, 15) is 18.3 Å². The third-order valence-electron chi connectivity index (χ3n) is 7.05. The van der Waals surface area contributed by atoms with E-state index in [1.807, 2.05) is 31.8 Å². The summed E-state index contributed by atoms with van der Waals surface area (Å²) in [6.07, 6.45) is 7.91. The van der Waals surface area contributed by atoms with Gasteiger partial charge in [-0.3, -0.25) is 4.79 Å². The molecule has 2 fully saturated rings. The molecule has 2 N–H and O–H groups in total. The lowest BCUT2D eigenvalue weighted by atomic mass is 9.87. The molecule has 2 heterocycles. The van der Waals surface area contributed by atoms with E-state index in [1.165, 1.54) is 0 Å². The van der Waals surface area contributed by atoms with Gasteiger partial charge >= 0.3 is 0 Å². The fraction of sp³-hybridized carbons (Fsp3) is 0.500. The molecule has 2 saturated carbocycles. The van der Waals surface area contributed by atoms with Crippen LogP contribution in [0.15, 0.2) is 29.6 Å². The number of carbonyl (C=O) groups is 1. The predicted molar refractivity (Wildman–Crippen MR) is 138 cm³/mol. The molecule has 190 valence electrons. The van der Waals surface area contributed by atoms with Crippen molar-refractivity contribution >= 4 is 35.3 Å². The molecule has 2 aliphatic rings. The van der Waals surface area contributed by atoms with Gasteiger partial charge in [0.15, 0.2) is 5.65 Å². The van der Waals surface area contributed by atoms with Crippen molar-refractivity contribution in [2.75, 3.05) is 17.6 Å². The molecule has 0 radical (unpaired) electrons. The molecular formula is C24H31BN6O4S. The topological polar surface area (TPSA) is 130 Å². The fourth-order valence-corrected chi connectivity index (χ4v) is 5.33. The summed E-state index contributed by atoms with van der Waals surface area (Å²) in [4.78, 5) is 23.2. The van der Waals surface area contributed by atoms with Gasteiger partial charge in [0, 0.05) is 30.0 Å². The van der Waals surface area contributed by atoms with E-state index in [4.69, 9.17) is 0 Å². The Labute approximate surface area is 211 Å². The van der Waals surface area contributed by atoms with Crippen LogP contribution in [0.1, 0.15) is 54.4 Å². The van der Waals surface area contributed by atoms with Crippen molar-refractivity contribution in [2.24, 2.45) is 5.92 Å². The smallest absolute Gasteiger partial charge is 0.252 e. The first kappa shape index (κ1) is 24.7. The highest BCUT2D eigenvalue weighted by molar-refractivity contribution is 7.90. The number of aliphatic hydroxyl groups is 1. The van der Waals surface area contributed by atoms with Gasteiger partial charge in [0.05, 0.1) is 12.3 Å². The van der Waals surface area contributed by atoms with Crippen molar-refractivity contribution in [3.05, 3.63) is 35.5 Å². The minimum absolute atomic E-state index is 0.0813. The Balaban J connectivity index is 1.51. The second kappa shape index (κ2) is 9.47. The van der Waals surface area contributed by atoms with Gasteiger partial charge in [-0.25, -0.2) is 8.42 Å². The van der Waals surface area contributed by atoms with E-state index in [2.05, 4.69) is 20.4 Å². The number of anilines is 1. The van der Waals surface area contributed by atoms with E-state index < -0.39 is 9.84 Å². The number of hydrogen-bond donors (Lipinski definition) is 2. The summed E-state index contributed by atoms with van der Waals surface area (Å²) >= 11 is 0. The van der Waals surface area contributed by atoms with Crippen LogP contribution in [0, 0.1) is 12.8 Å². The highest BCUT2D eigenvalue weighted by Gasteiger charge is 2.26. The molecule has 12 heteroatoms. The monoisotopic (exact) mass is 510 g/mol. The first-order valence-corrected chi connectivity index (χ1v) is 14.3. The fourth-order valence-electron chi connectivity index (χ4n) is 4.83. The minimum Gasteiger partial charge on any atom is -0.393 e. The average molecular weight is 510 g/mol. The number of nitrogens with one attached hydrogen (secondary N) is 1. The maximum atomic E-state index is 12.5. The van der Waals surface area contributed by atoms with E-state index >= 15 is 0 Å². The Hall–Kier alpha value is -2.99. The zero-order valence-electron chi connectivity index (χ0n) is 20.8. The number of sulfone groups is 1. The van der Waals surface area contributed by atoms with E-state index in [-0.39, 0.29) is 23.2 Å². The number of aryl methyl sites for hydroxylation is 1. The average Bonchev–Trinajstić information content (AvgIpc) is 3.53. The number of fused-ring (bicyclic) bond motifs is 1. The van der Waals surface area contributed by atoms with Gasteiger partial charge in [-0.1, -0.05) is 12.1 Å². The Morgan fingerprint density at radius 2 is 1.92 bits per heavy atom. The molecule has 0 bridgehead atoms. The third-order valence-corrected chi connectivity index (χ3v) is 7.89. The lowest BCUT2D eigenvalue weighted by Gasteiger charge is -2.30. The SMILES string of the molecule is BN(C[C@H]1CC[C@@H](O)CC1)c1nc(S(C)(=O)=O)nc2c(-c3ccc(C(=O)NC4CC4)c(C)c3)cnn12. The normalized spacial score (nSPS) is 20.4. The number of amides is 1. The molecule has 0 spiro atoms. The molecule has 3 aromatic rings. The van der Waals surface area contributed by atoms with Crippen LogP contribution < -0.4 is 10.1 Å². The molecule has 10 nitrogen and oxygen atoms in total. The van der Waals surface area contributed by atoms with Crippen molar-refractivity contribution < 1.29 is 18.3 Å². The van der Waals surface area contributed by atoms with Crippen molar-refractivity contribution in [2.45, 2.75) is 62.8 Å². The largest absolute Gasteiger partial charge is 0.393 e. The zero-order valence-corrected chi connectivity index (χ0v) is 21.6. The summed E-state index contributed by atoms with van der Waals surface area (Å²) in [7, 11) is -1.80. The van der Waals surface area contributed by atoms with Crippen LogP contribution in [0.3, 0.4) is 0 Å². The van der Waals surface area contributed by atoms with Crippen LogP contribution >= 0.6 is 0 Å². The van der Waals surface area contributed by atoms with Crippen LogP contribution in [-0.4, -0.2) is 71.9 Å². The number of aromatic nitrogens is 4. The van der Waals surface area contributed by atoms with Gasteiger partial charge in [-0.15, -0.1) is 0 Å². The first-order chi connectivity index (χ1) is 17.1. The number of rotatable bonds is 7. The van der Waals surface area contributed by atoms with Crippen molar-refractivity contribution in [1.29, 1.82) is 0 Å². The molecule has 1 aromatic carbocycles. The number of carbonyl (C=O) groups excluding carboxylic acids is 1. The maximum Gasteiger partial charge on any atom is 0.252 e. The molecule has 0 atom stereocenters. The quantitative estimate of drug-likeness (QED) is 0.455. The Morgan fingerprint density at radius 1 is 1.19 bits per heavy atom. The molecule has 0 unspecified atom stereocenters. The van der Waals surface area contributed by atoms with Crippen LogP contribution in [0.2, 0.25) is 0 Å². The van der Waals surface area contributed by atoms with Gasteiger partial charge in [-0.2, -0.15) is 19.6 Å². The standard InChI is InChI=1S/C24H31BN6O4S/c1-14-11-16(5-10-19(14)22(33)27-17-6-7-17)20-12-26-31-21(20)28-23(36(2,34)35)29-24(31)30(25)13-15-3-8-18(32)9-4-15/h5,10-12,15,17-18,32H,3-4,6-9,13,25H2,1-2H3,(H,27,33)/t15-,18+. The van der Waals surface area contributed by atoms with Gasteiger partial charge in [0.1, 0.15) is 0 Å². The number of aliphatic hydroxyl groups excluding tert-OH is 1. The van der Waals surface area contributed by atoms with Crippen LogP contribution in [0.4, 0.5) is 5.95 Å². The highest BCUT2D eigenvalue weighted by Crippen LogP contribution is 2.30. The Morgan fingerprint density at radius 3 is 2.56 bits per heavy atom. The van der Waals surface area contributed by atoms with Gasteiger partial charge in [0.2, 0.25) is 23.8 Å². The molecular weight excluding hydrogens is 479 g/mol. The maximum absolute atomic E-state index is 12.5. The van der Waals surface area contributed by atoms with Crippen molar-refractivity contribution in [3.63, 3.8) is 0 Å². The van der Waals surface area contributed by atoms with E-state index in [1.54, 1.807) is 16.8 Å². The molecule has 2 aliphatic carbocycles. The number of hydrogen-bond acceptors (Lipinski definition) is 8. The first-order valence-electron chi connectivity index (χ1n) is 12.4. The summed E-state index contributed by atoms with van der Waals surface area (Å²) in [6, 6.07) is 5.80. The van der Waals surface area contributed by atoms with Gasteiger partial charge in [0.25, 0.3) is 11.1 Å². The lowest BCUT2D eigenvalue weighted by molar-refractivity contribution is 0.0950.